The number of benzene rings is 1. The second kappa shape index (κ2) is 4.63. The summed E-state index contributed by atoms with van der Waals surface area (Å²) < 4.78 is 33.3. The molecule has 20 heavy (non-hydrogen) atoms. The Balaban J connectivity index is 1.71. The van der Waals surface area contributed by atoms with Crippen LogP contribution in [0.15, 0.2) is 18.2 Å². The second-order valence-electron chi connectivity index (χ2n) is 5.84. The van der Waals surface area contributed by atoms with Gasteiger partial charge in [-0.05, 0) is 37.0 Å². The summed E-state index contributed by atoms with van der Waals surface area (Å²) in [6.07, 6.45) is 2.70. The summed E-state index contributed by atoms with van der Waals surface area (Å²) in [5.74, 6) is 1.40. The first-order valence-electron chi connectivity index (χ1n) is 6.72. The molecule has 1 saturated heterocycles. The summed E-state index contributed by atoms with van der Waals surface area (Å²) in [5.41, 5.74) is 7.19. The molecule has 110 valence electrons. The molecular formula is C14H19NO4S. The van der Waals surface area contributed by atoms with Crippen molar-refractivity contribution < 1.29 is 17.9 Å². The molecule has 0 amide bonds. The third-order valence-electron chi connectivity index (χ3n) is 3.85. The van der Waals surface area contributed by atoms with Crippen LogP contribution in [0, 0.1) is 0 Å². The third kappa shape index (κ3) is 2.91. The van der Waals surface area contributed by atoms with E-state index in [0.29, 0.717) is 11.5 Å². The van der Waals surface area contributed by atoms with E-state index in [2.05, 4.69) is 0 Å². The monoisotopic (exact) mass is 297 g/mol. The maximum absolute atomic E-state index is 11.1. The van der Waals surface area contributed by atoms with Crippen molar-refractivity contribution in [3.8, 4) is 11.5 Å². The zero-order valence-corrected chi connectivity index (χ0v) is 12.3. The van der Waals surface area contributed by atoms with Gasteiger partial charge in [-0.25, -0.2) is 8.42 Å². The van der Waals surface area contributed by atoms with Gasteiger partial charge in [-0.15, -0.1) is 0 Å². The van der Waals surface area contributed by atoms with Gasteiger partial charge in [0.25, 0.3) is 0 Å². The van der Waals surface area contributed by atoms with Crippen LogP contribution in [-0.2, 0) is 16.3 Å². The lowest BCUT2D eigenvalue weighted by Crippen LogP contribution is -2.45. The topological polar surface area (TPSA) is 78.6 Å². The average Bonchev–Trinajstić information content (AvgIpc) is 3.06. The van der Waals surface area contributed by atoms with E-state index in [1.165, 1.54) is 0 Å². The quantitative estimate of drug-likeness (QED) is 0.874. The molecule has 1 aromatic rings. The standard InChI is InChI=1S/C14H19NO4S/c1-18-13-6-10(7-14(15)4-5-14)2-3-12(13)19-11-8-20(16,17)9-11/h2-3,6,11H,4-5,7-9,15H2,1H3. The molecule has 0 atom stereocenters. The number of nitrogens with two attached hydrogens (primary N) is 1. The summed E-state index contributed by atoms with van der Waals surface area (Å²) in [7, 11) is -1.29. The first-order valence-corrected chi connectivity index (χ1v) is 8.54. The van der Waals surface area contributed by atoms with Crippen molar-refractivity contribution in [2.75, 3.05) is 18.6 Å². The van der Waals surface area contributed by atoms with Crippen LogP contribution >= 0.6 is 0 Å². The van der Waals surface area contributed by atoms with E-state index < -0.39 is 9.84 Å². The van der Waals surface area contributed by atoms with E-state index in [-0.39, 0.29) is 23.1 Å². The van der Waals surface area contributed by atoms with Gasteiger partial charge in [0, 0.05) is 5.54 Å². The van der Waals surface area contributed by atoms with Crippen LogP contribution < -0.4 is 15.2 Å². The molecule has 0 radical (unpaired) electrons. The van der Waals surface area contributed by atoms with E-state index in [0.717, 1.165) is 24.8 Å². The summed E-state index contributed by atoms with van der Waals surface area (Å²) in [4.78, 5) is 0. The van der Waals surface area contributed by atoms with Crippen LogP contribution in [0.2, 0.25) is 0 Å². The Kier molecular flexibility index (Phi) is 3.17. The van der Waals surface area contributed by atoms with Crippen LogP contribution in [0.25, 0.3) is 0 Å². The van der Waals surface area contributed by atoms with Crippen LogP contribution in [0.3, 0.4) is 0 Å². The molecule has 1 saturated carbocycles. The number of hydrogen-bond acceptors (Lipinski definition) is 5. The van der Waals surface area contributed by atoms with E-state index in [9.17, 15) is 8.42 Å². The highest BCUT2D eigenvalue weighted by Gasteiger charge is 2.38. The molecule has 1 heterocycles. The molecule has 2 fully saturated rings. The van der Waals surface area contributed by atoms with Gasteiger partial charge >= 0.3 is 0 Å². The van der Waals surface area contributed by atoms with Crippen LogP contribution in [-0.4, -0.2) is 38.7 Å². The number of hydrogen-bond donors (Lipinski definition) is 1. The smallest absolute Gasteiger partial charge is 0.161 e. The molecule has 1 aliphatic carbocycles. The molecule has 2 aliphatic rings. The molecule has 0 aromatic heterocycles. The predicted molar refractivity (Wildman–Crippen MR) is 75.9 cm³/mol. The minimum Gasteiger partial charge on any atom is -0.493 e. The highest BCUT2D eigenvalue weighted by molar-refractivity contribution is 7.92. The zero-order chi connectivity index (χ0) is 14.4. The molecular weight excluding hydrogens is 278 g/mol. The number of methoxy groups -OCH3 is 1. The number of sulfone groups is 1. The molecule has 0 unspecified atom stereocenters. The van der Waals surface area contributed by atoms with Crippen molar-refractivity contribution in [2.45, 2.75) is 30.9 Å². The maximum atomic E-state index is 11.1. The molecule has 0 bridgehead atoms. The van der Waals surface area contributed by atoms with Crippen molar-refractivity contribution in [1.29, 1.82) is 0 Å². The average molecular weight is 297 g/mol. The molecule has 0 spiro atoms. The highest BCUT2D eigenvalue weighted by atomic mass is 32.2. The minimum absolute atomic E-state index is 0.0462. The Morgan fingerprint density at radius 1 is 1.30 bits per heavy atom. The van der Waals surface area contributed by atoms with Crippen LogP contribution in [0.1, 0.15) is 18.4 Å². The van der Waals surface area contributed by atoms with Gasteiger partial charge in [-0.1, -0.05) is 6.07 Å². The molecule has 1 aromatic carbocycles. The van der Waals surface area contributed by atoms with Gasteiger partial charge in [0.2, 0.25) is 0 Å². The van der Waals surface area contributed by atoms with Gasteiger partial charge in [-0.2, -0.15) is 0 Å². The Labute approximate surface area is 119 Å². The molecule has 5 nitrogen and oxygen atoms in total. The number of rotatable bonds is 5. The number of ether oxygens (including phenoxy) is 2. The summed E-state index contributed by atoms with van der Waals surface area (Å²) >= 11 is 0. The third-order valence-corrected chi connectivity index (χ3v) is 5.61. The van der Waals surface area contributed by atoms with E-state index in [1.54, 1.807) is 7.11 Å². The van der Waals surface area contributed by atoms with Gasteiger partial charge < -0.3 is 15.2 Å². The summed E-state index contributed by atoms with van der Waals surface area (Å²) in [6, 6.07) is 5.73. The zero-order valence-electron chi connectivity index (χ0n) is 11.5. The predicted octanol–water partition coefficient (Wildman–Crippen LogP) is 0.905. The maximum Gasteiger partial charge on any atom is 0.161 e. The fourth-order valence-corrected chi connectivity index (χ4v) is 3.60. The Morgan fingerprint density at radius 3 is 2.55 bits per heavy atom. The lowest BCUT2D eigenvalue weighted by molar-refractivity contribution is 0.219. The Morgan fingerprint density at radius 2 is 2.00 bits per heavy atom. The van der Waals surface area contributed by atoms with Crippen molar-refractivity contribution in [2.24, 2.45) is 5.73 Å². The van der Waals surface area contributed by atoms with Gasteiger partial charge in [0.05, 0.1) is 18.6 Å². The largest absolute Gasteiger partial charge is 0.493 e. The van der Waals surface area contributed by atoms with E-state index >= 15 is 0 Å². The Bertz CT molecular complexity index is 610. The molecule has 2 N–H and O–H groups in total. The SMILES string of the molecule is COc1cc(CC2(N)CC2)ccc1OC1CS(=O)(=O)C1. The second-order valence-corrected chi connectivity index (χ2v) is 7.99. The van der Waals surface area contributed by atoms with Crippen molar-refractivity contribution in [1.82, 2.24) is 0 Å². The summed E-state index contributed by atoms with van der Waals surface area (Å²) in [6.45, 7) is 0. The molecule has 6 heteroatoms. The normalized spacial score (nSPS) is 22.9. The fraction of sp³-hybridized carbons (Fsp3) is 0.571. The van der Waals surface area contributed by atoms with Crippen molar-refractivity contribution in [3.63, 3.8) is 0 Å². The Hall–Kier alpha value is -1.27. The van der Waals surface area contributed by atoms with Crippen LogP contribution in [0.4, 0.5) is 0 Å². The lowest BCUT2D eigenvalue weighted by Gasteiger charge is -2.27. The molecule has 3 rings (SSSR count). The van der Waals surface area contributed by atoms with Gasteiger partial charge in [0.1, 0.15) is 6.10 Å². The van der Waals surface area contributed by atoms with Crippen molar-refractivity contribution in [3.05, 3.63) is 23.8 Å². The fourth-order valence-electron chi connectivity index (χ4n) is 2.43. The molecule has 1 aliphatic heterocycles. The minimum atomic E-state index is -2.88. The first kappa shape index (κ1) is 13.7. The summed E-state index contributed by atoms with van der Waals surface area (Å²) in [5, 5.41) is 0. The first-order chi connectivity index (χ1) is 9.39. The van der Waals surface area contributed by atoms with Crippen molar-refractivity contribution >= 4 is 9.84 Å². The van der Waals surface area contributed by atoms with E-state index in [1.807, 2.05) is 18.2 Å². The van der Waals surface area contributed by atoms with Gasteiger partial charge in [-0.3, -0.25) is 0 Å². The van der Waals surface area contributed by atoms with E-state index in [4.69, 9.17) is 15.2 Å². The lowest BCUT2D eigenvalue weighted by atomic mass is 10.0. The van der Waals surface area contributed by atoms with Gasteiger partial charge in [0.15, 0.2) is 21.3 Å². The highest BCUT2D eigenvalue weighted by Crippen LogP contribution is 2.38. The van der Waals surface area contributed by atoms with Crippen LogP contribution in [0.5, 0.6) is 11.5 Å².